The molecule has 2 aromatic carbocycles. The van der Waals surface area contributed by atoms with Gasteiger partial charge in [-0.25, -0.2) is 4.79 Å². The molecule has 10 heteroatoms. The molecule has 0 bridgehead atoms. The van der Waals surface area contributed by atoms with Crippen LogP contribution in [0.3, 0.4) is 0 Å². The van der Waals surface area contributed by atoms with E-state index < -0.39 is 42.2 Å². The van der Waals surface area contributed by atoms with E-state index in [-0.39, 0.29) is 24.3 Å². The lowest BCUT2D eigenvalue weighted by atomic mass is 9.87. The molecule has 2 aromatic rings. The molecule has 1 heterocycles. The fourth-order valence-corrected chi connectivity index (χ4v) is 3.75. The van der Waals surface area contributed by atoms with Crippen molar-refractivity contribution in [1.82, 2.24) is 10.4 Å². The molecule has 0 saturated carbocycles. The second kappa shape index (κ2) is 12.6. The number of esters is 2. The zero-order valence-corrected chi connectivity index (χ0v) is 22.9. The number of benzene rings is 2. The molecule has 3 rings (SSSR count). The lowest BCUT2D eigenvalue weighted by molar-refractivity contribution is -0.151. The van der Waals surface area contributed by atoms with Gasteiger partial charge in [-0.2, -0.15) is 0 Å². The van der Waals surface area contributed by atoms with Crippen molar-refractivity contribution in [2.75, 3.05) is 25.1 Å². The summed E-state index contributed by atoms with van der Waals surface area (Å²) in [4.78, 5) is 61.6. The van der Waals surface area contributed by atoms with E-state index in [1.807, 2.05) is 26.0 Å². The van der Waals surface area contributed by atoms with Crippen molar-refractivity contribution in [3.63, 3.8) is 0 Å². The zero-order chi connectivity index (χ0) is 28.7. The normalized spacial score (nSPS) is 15.2. The number of ether oxygens (including phenoxy) is 2. The van der Waals surface area contributed by atoms with E-state index in [2.05, 4.69) is 31.5 Å². The number of anilines is 1. The number of nitrogens with zero attached hydrogens (tertiary/aromatic N) is 1. The number of hydrazine groups is 1. The molecule has 10 nitrogen and oxygen atoms in total. The predicted molar refractivity (Wildman–Crippen MR) is 144 cm³/mol. The standard InChI is InChI=1S/C29H35N3O7/c1-18(2)16-38-27(36)20-8-12-23(13-9-20)30-24(33)17-39-28(37)21-14-25(34)32(15-21)31-26(35)19-6-10-22(11-7-19)29(3,4)5/h6-13,18,21H,14-17H2,1-5H3,(H,30,33)(H,31,35)/t21-/m1/s1. The Morgan fingerprint density at radius 2 is 1.56 bits per heavy atom. The van der Waals surface area contributed by atoms with Gasteiger partial charge in [-0.3, -0.25) is 29.6 Å². The molecule has 0 aliphatic carbocycles. The largest absolute Gasteiger partial charge is 0.462 e. The second-order valence-corrected chi connectivity index (χ2v) is 10.9. The van der Waals surface area contributed by atoms with Crippen LogP contribution in [0.25, 0.3) is 0 Å². The number of amides is 3. The van der Waals surface area contributed by atoms with Gasteiger partial charge in [0.1, 0.15) is 0 Å². The Bertz CT molecular complexity index is 1210. The minimum Gasteiger partial charge on any atom is -0.462 e. The van der Waals surface area contributed by atoms with Crippen molar-refractivity contribution in [2.45, 2.75) is 46.5 Å². The van der Waals surface area contributed by atoms with Crippen molar-refractivity contribution >= 4 is 35.3 Å². The third kappa shape index (κ3) is 8.39. The highest BCUT2D eigenvalue weighted by molar-refractivity contribution is 5.97. The summed E-state index contributed by atoms with van der Waals surface area (Å²) in [5.74, 6) is -3.23. The van der Waals surface area contributed by atoms with Crippen molar-refractivity contribution in [3.8, 4) is 0 Å². The Hall–Kier alpha value is -4.21. The van der Waals surface area contributed by atoms with Gasteiger partial charge >= 0.3 is 11.9 Å². The maximum Gasteiger partial charge on any atom is 0.338 e. The van der Waals surface area contributed by atoms with Crippen molar-refractivity contribution < 1.29 is 33.4 Å². The molecular formula is C29H35N3O7. The SMILES string of the molecule is CC(C)COC(=O)c1ccc(NC(=O)COC(=O)[C@@H]2CC(=O)N(NC(=O)c3ccc(C(C)(C)C)cc3)C2)cc1. The van der Waals surface area contributed by atoms with E-state index in [0.717, 1.165) is 10.6 Å². The van der Waals surface area contributed by atoms with Crippen LogP contribution in [0.5, 0.6) is 0 Å². The molecule has 1 aliphatic rings. The maximum absolute atomic E-state index is 12.6. The Morgan fingerprint density at radius 1 is 0.949 bits per heavy atom. The van der Waals surface area contributed by atoms with Crippen LogP contribution in [0, 0.1) is 11.8 Å². The van der Waals surface area contributed by atoms with Crippen LogP contribution < -0.4 is 10.7 Å². The summed E-state index contributed by atoms with van der Waals surface area (Å²) in [6.45, 7) is 9.79. The molecule has 0 radical (unpaired) electrons. The zero-order valence-electron chi connectivity index (χ0n) is 22.9. The van der Waals surface area contributed by atoms with Crippen LogP contribution in [-0.2, 0) is 29.3 Å². The average molecular weight is 538 g/mol. The first-order chi connectivity index (χ1) is 18.3. The van der Waals surface area contributed by atoms with E-state index >= 15 is 0 Å². The van der Waals surface area contributed by atoms with E-state index in [1.165, 1.54) is 12.1 Å². The first-order valence-electron chi connectivity index (χ1n) is 12.8. The number of hydrogen-bond donors (Lipinski definition) is 2. The molecular weight excluding hydrogens is 502 g/mol. The van der Waals surface area contributed by atoms with Gasteiger partial charge in [0.05, 0.1) is 24.6 Å². The van der Waals surface area contributed by atoms with Crippen molar-refractivity contribution in [1.29, 1.82) is 0 Å². The maximum atomic E-state index is 12.6. The number of hydrogen-bond acceptors (Lipinski definition) is 7. The highest BCUT2D eigenvalue weighted by Gasteiger charge is 2.36. The van der Waals surface area contributed by atoms with Crippen LogP contribution in [0.1, 0.15) is 67.3 Å². The van der Waals surface area contributed by atoms with Gasteiger partial charge in [0.15, 0.2) is 6.61 Å². The van der Waals surface area contributed by atoms with Gasteiger partial charge < -0.3 is 14.8 Å². The summed E-state index contributed by atoms with van der Waals surface area (Å²) in [6, 6.07) is 13.2. The Labute approximate surface area is 228 Å². The van der Waals surface area contributed by atoms with E-state index in [0.29, 0.717) is 23.4 Å². The molecule has 1 saturated heterocycles. The van der Waals surface area contributed by atoms with E-state index in [9.17, 15) is 24.0 Å². The summed E-state index contributed by atoms with van der Waals surface area (Å²) < 4.78 is 10.3. The Kier molecular flexibility index (Phi) is 9.45. The molecule has 3 amide bonds. The third-order valence-electron chi connectivity index (χ3n) is 6.01. The Morgan fingerprint density at radius 3 is 2.15 bits per heavy atom. The fraction of sp³-hybridized carbons (Fsp3) is 0.414. The van der Waals surface area contributed by atoms with Crippen LogP contribution in [0.15, 0.2) is 48.5 Å². The minimum atomic E-state index is -0.815. The van der Waals surface area contributed by atoms with Crippen LogP contribution in [0.2, 0.25) is 0 Å². The molecule has 0 spiro atoms. The summed E-state index contributed by atoms with van der Waals surface area (Å²) in [7, 11) is 0. The molecule has 0 unspecified atom stereocenters. The lowest BCUT2D eigenvalue weighted by Crippen LogP contribution is -2.43. The highest BCUT2D eigenvalue weighted by Crippen LogP contribution is 2.23. The van der Waals surface area contributed by atoms with Crippen LogP contribution in [-0.4, -0.2) is 54.4 Å². The topological polar surface area (TPSA) is 131 Å². The van der Waals surface area contributed by atoms with Crippen LogP contribution >= 0.6 is 0 Å². The summed E-state index contributed by atoms with van der Waals surface area (Å²) >= 11 is 0. The van der Waals surface area contributed by atoms with Gasteiger partial charge in [-0.1, -0.05) is 46.8 Å². The molecule has 1 fully saturated rings. The number of carbonyl (C=O) groups is 5. The third-order valence-corrected chi connectivity index (χ3v) is 6.01. The van der Waals surface area contributed by atoms with Crippen LogP contribution in [0.4, 0.5) is 5.69 Å². The highest BCUT2D eigenvalue weighted by atomic mass is 16.5. The molecule has 2 N–H and O–H groups in total. The molecule has 1 atom stereocenters. The van der Waals surface area contributed by atoms with Gasteiger partial charge in [-0.05, 0) is 53.3 Å². The molecule has 1 aliphatic heterocycles. The van der Waals surface area contributed by atoms with Gasteiger partial charge in [0, 0.05) is 17.7 Å². The Balaban J connectivity index is 1.44. The van der Waals surface area contributed by atoms with Crippen molar-refractivity contribution in [3.05, 3.63) is 65.2 Å². The lowest BCUT2D eigenvalue weighted by Gasteiger charge is -2.20. The van der Waals surface area contributed by atoms with Gasteiger partial charge in [-0.15, -0.1) is 0 Å². The smallest absolute Gasteiger partial charge is 0.338 e. The minimum absolute atomic E-state index is 0.0561. The van der Waals surface area contributed by atoms with Gasteiger partial charge in [0.2, 0.25) is 5.91 Å². The number of carbonyl (C=O) groups excluding carboxylic acids is 5. The van der Waals surface area contributed by atoms with E-state index in [4.69, 9.17) is 9.47 Å². The predicted octanol–water partition coefficient (Wildman–Crippen LogP) is 3.47. The first-order valence-corrected chi connectivity index (χ1v) is 12.8. The average Bonchev–Trinajstić information content (AvgIpc) is 3.25. The molecule has 39 heavy (non-hydrogen) atoms. The van der Waals surface area contributed by atoms with E-state index in [1.54, 1.807) is 24.3 Å². The fourth-order valence-electron chi connectivity index (χ4n) is 3.75. The van der Waals surface area contributed by atoms with Crippen molar-refractivity contribution in [2.24, 2.45) is 11.8 Å². The summed E-state index contributed by atoms with van der Waals surface area (Å²) in [6.07, 6.45) is -0.141. The molecule has 0 aromatic heterocycles. The number of rotatable bonds is 9. The molecule has 208 valence electrons. The summed E-state index contributed by atoms with van der Waals surface area (Å²) in [5, 5.41) is 3.67. The number of nitrogens with one attached hydrogen (secondary N) is 2. The first kappa shape index (κ1) is 29.3. The monoisotopic (exact) mass is 537 g/mol. The second-order valence-electron chi connectivity index (χ2n) is 10.9. The van der Waals surface area contributed by atoms with Gasteiger partial charge in [0.25, 0.3) is 11.8 Å². The quantitative estimate of drug-likeness (QED) is 0.468. The summed E-state index contributed by atoms with van der Waals surface area (Å²) in [5.41, 5.74) is 4.70.